The van der Waals surface area contributed by atoms with Crippen LogP contribution in [0.15, 0.2) is 0 Å². The van der Waals surface area contributed by atoms with Gasteiger partial charge in [0.2, 0.25) is 0 Å². The van der Waals surface area contributed by atoms with Crippen molar-refractivity contribution < 1.29 is 19.1 Å². The van der Waals surface area contributed by atoms with Gasteiger partial charge in [-0.3, -0.25) is 0 Å². The maximum absolute atomic E-state index is 11.9. The topological polar surface area (TPSA) is 106 Å². The summed E-state index contributed by atoms with van der Waals surface area (Å²) in [5.74, 6) is 0. The Morgan fingerprint density at radius 2 is 1.27 bits per heavy atom. The minimum Gasteiger partial charge on any atom is -0.430 e. The van der Waals surface area contributed by atoms with Gasteiger partial charge >= 0.3 is 12.2 Å². The number of amides is 2. The third-order valence-electron chi connectivity index (χ3n) is 4.23. The van der Waals surface area contributed by atoms with Crippen molar-refractivity contribution in [2.45, 2.75) is 91.8 Å². The first-order valence-corrected chi connectivity index (χ1v) is 9.66. The molecule has 0 rings (SSSR count). The summed E-state index contributed by atoms with van der Waals surface area (Å²) in [6.07, 6.45) is 1.57. The van der Waals surface area contributed by atoms with E-state index in [0.29, 0.717) is 13.1 Å². The number of hydrogen-bond acceptors (Lipinski definition) is 6. The van der Waals surface area contributed by atoms with E-state index in [1.807, 2.05) is 27.7 Å². The van der Waals surface area contributed by atoms with Crippen LogP contribution in [0.1, 0.15) is 67.2 Å². The lowest BCUT2D eigenvalue weighted by atomic mass is 10.1. The van der Waals surface area contributed by atoms with Crippen LogP contribution in [0.3, 0.4) is 0 Å². The van der Waals surface area contributed by atoms with Crippen LogP contribution in [0.25, 0.3) is 0 Å². The predicted octanol–water partition coefficient (Wildman–Crippen LogP) is 2.77. The molecule has 0 heterocycles. The van der Waals surface area contributed by atoms with Crippen LogP contribution >= 0.6 is 0 Å². The molecule has 0 aliphatic carbocycles. The van der Waals surface area contributed by atoms with Crippen LogP contribution in [0.5, 0.6) is 0 Å². The summed E-state index contributed by atoms with van der Waals surface area (Å²) in [4.78, 5) is 25.6. The highest BCUT2D eigenvalue weighted by Gasteiger charge is 2.31. The van der Waals surface area contributed by atoms with Crippen LogP contribution in [0.2, 0.25) is 0 Å². The molecule has 154 valence electrons. The van der Waals surface area contributed by atoms with E-state index in [0.717, 1.165) is 25.7 Å². The molecule has 0 fully saturated rings. The molecule has 4 atom stereocenters. The second-order valence-corrected chi connectivity index (χ2v) is 6.62. The molecule has 0 saturated heterocycles. The zero-order valence-electron chi connectivity index (χ0n) is 17.2. The zero-order valence-corrected chi connectivity index (χ0v) is 17.2. The molecule has 4 N–H and O–H groups in total. The van der Waals surface area contributed by atoms with Gasteiger partial charge in [0.05, 0.1) is 0 Å². The summed E-state index contributed by atoms with van der Waals surface area (Å²) in [5.41, 5.74) is 6.02. The molecule has 0 aliphatic rings. The van der Waals surface area contributed by atoms with Gasteiger partial charge in [-0.2, -0.15) is 0 Å². The smallest absolute Gasteiger partial charge is 0.408 e. The summed E-state index contributed by atoms with van der Waals surface area (Å²) < 4.78 is 10.9. The minimum absolute atomic E-state index is 0.160. The van der Waals surface area contributed by atoms with Crippen LogP contribution < -0.4 is 16.4 Å². The number of alkyl carbamates (subject to hydrolysis) is 2. The van der Waals surface area contributed by atoms with Crippen LogP contribution in [0, 0.1) is 0 Å². The molecule has 0 aromatic rings. The highest BCUT2D eigenvalue weighted by molar-refractivity contribution is 5.67. The molecule has 0 bridgehead atoms. The van der Waals surface area contributed by atoms with E-state index in [2.05, 4.69) is 10.6 Å². The van der Waals surface area contributed by atoms with Crippen LogP contribution in [0.4, 0.5) is 9.59 Å². The molecule has 2 amide bonds. The van der Waals surface area contributed by atoms with E-state index < -0.39 is 24.6 Å². The van der Waals surface area contributed by atoms with Crippen molar-refractivity contribution in [3.63, 3.8) is 0 Å². The third-order valence-corrected chi connectivity index (χ3v) is 4.23. The quantitative estimate of drug-likeness (QED) is 0.358. The lowest BCUT2D eigenvalue weighted by molar-refractivity contribution is -0.114. The molecule has 0 radical (unpaired) electrons. The second-order valence-electron chi connectivity index (χ2n) is 6.62. The zero-order chi connectivity index (χ0) is 20.1. The number of unbranched alkanes of at least 4 members (excludes halogenated alkanes) is 2. The summed E-state index contributed by atoms with van der Waals surface area (Å²) >= 11 is 0. The molecule has 0 aliphatic heterocycles. The Balaban J connectivity index is 4.81. The number of hydrogen-bond donors (Lipinski definition) is 3. The molecule has 8 heteroatoms. The lowest BCUT2D eigenvalue weighted by Crippen LogP contribution is -2.55. The van der Waals surface area contributed by atoms with E-state index in [9.17, 15) is 9.59 Å². The fourth-order valence-corrected chi connectivity index (χ4v) is 2.48. The molecule has 0 aromatic carbocycles. The lowest BCUT2D eigenvalue weighted by Gasteiger charge is -2.39. The predicted molar refractivity (Wildman–Crippen MR) is 103 cm³/mol. The van der Waals surface area contributed by atoms with Crippen molar-refractivity contribution in [1.82, 2.24) is 15.5 Å². The molecule has 26 heavy (non-hydrogen) atoms. The third kappa shape index (κ3) is 9.82. The first-order chi connectivity index (χ1) is 12.2. The second kappa shape index (κ2) is 13.6. The number of ether oxygens (including phenoxy) is 2. The van der Waals surface area contributed by atoms with Crippen molar-refractivity contribution in [3.8, 4) is 0 Å². The van der Waals surface area contributed by atoms with Gasteiger partial charge in [-0.25, -0.2) is 14.5 Å². The minimum atomic E-state index is -0.601. The van der Waals surface area contributed by atoms with Gasteiger partial charge in [0, 0.05) is 25.2 Å². The van der Waals surface area contributed by atoms with Crippen molar-refractivity contribution >= 4 is 12.2 Å². The number of nitrogens with two attached hydrogens (primary N) is 1. The van der Waals surface area contributed by atoms with Gasteiger partial charge in [-0.05, 0) is 40.5 Å². The largest absolute Gasteiger partial charge is 0.430 e. The number of nitrogens with one attached hydrogen (secondary N) is 2. The SMILES string of the molecule is CCCCNC(=O)OC(C)N(C(C)OC(=O)NCCCC)C(C)C(C)N. The van der Waals surface area contributed by atoms with Crippen molar-refractivity contribution in [2.75, 3.05) is 13.1 Å². The average molecular weight is 375 g/mol. The van der Waals surface area contributed by atoms with Gasteiger partial charge in [0.25, 0.3) is 0 Å². The first kappa shape index (κ1) is 24.5. The Bertz CT molecular complexity index is 377. The first-order valence-electron chi connectivity index (χ1n) is 9.66. The highest BCUT2D eigenvalue weighted by Crippen LogP contribution is 2.16. The Morgan fingerprint density at radius 1 is 0.885 bits per heavy atom. The van der Waals surface area contributed by atoms with Crippen molar-refractivity contribution in [2.24, 2.45) is 5.73 Å². The molecule has 4 unspecified atom stereocenters. The normalized spacial score (nSPS) is 15.7. The number of rotatable bonds is 12. The van der Waals surface area contributed by atoms with E-state index in [1.54, 1.807) is 18.7 Å². The van der Waals surface area contributed by atoms with Crippen LogP contribution in [-0.2, 0) is 9.47 Å². The maximum atomic E-state index is 11.9. The molecular weight excluding hydrogens is 336 g/mol. The summed E-state index contributed by atoms with van der Waals surface area (Å²) in [7, 11) is 0. The van der Waals surface area contributed by atoms with Gasteiger partial charge in [0.15, 0.2) is 12.5 Å². The van der Waals surface area contributed by atoms with Gasteiger partial charge in [-0.1, -0.05) is 26.7 Å². The Labute approximate surface area is 158 Å². The van der Waals surface area contributed by atoms with Crippen molar-refractivity contribution in [3.05, 3.63) is 0 Å². The summed E-state index contributed by atoms with van der Waals surface area (Å²) in [5, 5.41) is 5.42. The van der Waals surface area contributed by atoms with Gasteiger partial charge in [-0.15, -0.1) is 0 Å². The van der Waals surface area contributed by atoms with E-state index in [-0.39, 0.29) is 12.1 Å². The monoisotopic (exact) mass is 374 g/mol. The summed E-state index contributed by atoms with van der Waals surface area (Å²) in [6, 6.07) is -0.356. The molecule has 0 aromatic heterocycles. The Morgan fingerprint density at radius 3 is 1.58 bits per heavy atom. The van der Waals surface area contributed by atoms with E-state index in [4.69, 9.17) is 15.2 Å². The summed E-state index contributed by atoms with van der Waals surface area (Å²) in [6.45, 7) is 12.5. The van der Waals surface area contributed by atoms with E-state index in [1.165, 1.54) is 0 Å². The molecule has 0 spiro atoms. The van der Waals surface area contributed by atoms with Gasteiger partial charge in [0.1, 0.15) is 0 Å². The maximum Gasteiger partial charge on any atom is 0.408 e. The number of carbonyl (C=O) groups excluding carboxylic acids is 2. The van der Waals surface area contributed by atoms with Crippen molar-refractivity contribution in [1.29, 1.82) is 0 Å². The standard InChI is InChI=1S/C18H38N4O4/c1-7-9-11-20-17(23)25-15(5)22(14(4)13(3)19)16(6)26-18(24)21-12-10-8-2/h13-16H,7-12,19H2,1-6H3,(H,20,23)(H,21,24). The number of carbonyl (C=O) groups is 2. The number of nitrogens with zero attached hydrogens (tertiary/aromatic N) is 1. The fourth-order valence-electron chi connectivity index (χ4n) is 2.48. The van der Waals surface area contributed by atoms with Crippen LogP contribution in [-0.4, -0.2) is 54.7 Å². The fraction of sp³-hybridized carbons (Fsp3) is 0.889. The Kier molecular flexibility index (Phi) is 12.8. The Hall–Kier alpha value is -1.54. The van der Waals surface area contributed by atoms with E-state index >= 15 is 0 Å². The molecule has 8 nitrogen and oxygen atoms in total. The average Bonchev–Trinajstić information content (AvgIpc) is 2.55. The molecule has 0 saturated carbocycles. The van der Waals surface area contributed by atoms with Gasteiger partial charge < -0.3 is 25.8 Å². The molecular formula is C18H38N4O4. The highest BCUT2D eigenvalue weighted by atomic mass is 16.6.